The second kappa shape index (κ2) is 2.58. The van der Waals surface area contributed by atoms with E-state index in [9.17, 15) is 0 Å². The smallest absolute Gasteiger partial charge is 0.112 e. The number of hydrogen-bond donors (Lipinski definition) is 2. The molecule has 0 aromatic carbocycles. The van der Waals surface area contributed by atoms with Crippen LogP contribution in [-0.2, 0) is 0 Å². The van der Waals surface area contributed by atoms with Crippen molar-refractivity contribution in [1.29, 1.82) is 5.41 Å². The van der Waals surface area contributed by atoms with Crippen molar-refractivity contribution in [2.45, 2.75) is 26.3 Å². The van der Waals surface area contributed by atoms with E-state index < -0.39 is 0 Å². The van der Waals surface area contributed by atoms with Crippen molar-refractivity contribution in [3.05, 3.63) is 0 Å². The minimum Gasteiger partial charge on any atom is -0.299 e. The Morgan fingerprint density at radius 2 is 2.30 bits per heavy atom. The first kappa shape index (κ1) is 7.54. The maximum absolute atomic E-state index is 7.44. The van der Waals surface area contributed by atoms with Crippen LogP contribution in [0.1, 0.15) is 20.3 Å². The number of nitrogens with zero attached hydrogens (tertiary/aromatic N) is 1. The fourth-order valence-corrected chi connectivity index (χ4v) is 1.10. The van der Waals surface area contributed by atoms with Crippen molar-refractivity contribution in [2.75, 3.05) is 7.05 Å². The van der Waals surface area contributed by atoms with Crippen LogP contribution in [0.25, 0.3) is 0 Å². The van der Waals surface area contributed by atoms with Gasteiger partial charge in [0, 0.05) is 19.5 Å². The molecule has 0 saturated carbocycles. The number of rotatable bonds is 1. The zero-order valence-corrected chi connectivity index (χ0v) is 6.81. The van der Waals surface area contributed by atoms with Crippen LogP contribution in [0.4, 0.5) is 0 Å². The number of nitrogens with one attached hydrogen (secondary N) is 2. The van der Waals surface area contributed by atoms with E-state index in [0.29, 0.717) is 17.8 Å². The van der Waals surface area contributed by atoms with Crippen LogP contribution in [0.2, 0.25) is 0 Å². The van der Waals surface area contributed by atoms with Crippen LogP contribution in [0.5, 0.6) is 0 Å². The zero-order chi connectivity index (χ0) is 7.72. The molecule has 1 aliphatic heterocycles. The molecule has 1 aliphatic rings. The van der Waals surface area contributed by atoms with E-state index in [2.05, 4.69) is 19.3 Å². The van der Waals surface area contributed by atoms with Crippen LogP contribution < -0.4 is 5.43 Å². The molecule has 3 nitrogen and oxygen atoms in total. The van der Waals surface area contributed by atoms with Gasteiger partial charge in [-0.3, -0.25) is 10.4 Å². The van der Waals surface area contributed by atoms with E-state index in [1.165, 1.54) is 0 Å². The van der Waals surface area contributed by atoms with Gasteiger partial charge in [0.05, 0.1) is 0 Å². The summed E-state index contributed by atoms with van der Waals surface area (Å²) in [5.74, 6) is 1.31. The van der Waals surface area contributed by atoms with E-state index in [1.807, 2.05) is 7.05 Å². The Bertz CT molecular complexity index is 142. The van der Waals surface area contributed by atoms with E-state index in [0.717, 1.165) is 6.42 Å². The van der Waals surface area contributed by atoms with Gasteiger partial charge in [0.15, 0.2) is 0 Å². The first-order valence-corrected chi connectivity index (χ1v) is 3.68. The first-order chi connectivity index (χ1) is 4.61. The van der Waals surface area contributed by atoms with Gasteiger partial charge in [-0.15, -0.1) is 0 Å². The van der Waals surface area contributed by atoms with Gasteiger partial charge < -0.3 is 0 Å². The molecule has 3 heteroatoms. The molecule has 0 radical (unpaired) electrons. The molecular formula is C7H15N3. The second-order valence-electron chi connectivity index (χ2n) is 3.19. The highest BCUT2D eigenvalue weighted by molar-refractivity contribution is 5.80. The summed E-state index contributed by atoms with van der Waals surface area (Å²) in [6, 6.07) is 0.470. The Kier molecular flexibility index (Phi) is 1.94. The summed E-state index contributed by atoms with van der Waals surface area (Å²) in [7, 11) is 1.89. The third-order valence-electron chi connectivity index (χ3n) is 1.98. The van der Waals surface area contributed by atoms with Crippen LogP contribution in [-0.4, -0.2) is 23.9 Å². The predicted molar refractivity (Wildman–Crippen MR) is 41.9 cm³/mol. The Balaban J connectivity index is 2.49. The van der Waals surface area contributed by atoms with Gasteiger partial charge in [-0.05, 0) is 5.92 Å². The van der Waals surface area contributed by atoms with Crippen LogP contribution in [0, 0.1) is 11.3 Å². The molecule has 0 aliphatic carbocycles. The standard InChI is InChI=1S/C7H15N3/c1-5(2)6-4-7(8)10(3)9-6/h5-6,8-9H,4H2,1-3H3. The maximum Gasteiger partial charge on any atom is 0.112 e. The molecular weight excluding hydrogens is 126 g/mol. The van der Waals surface area contributed by atoms with Crippen LogP contribution in [0.3, 0.4) is 0 Å². The van der Waals surface area contributed by atoms with Gasteiger partial charge in [0.25, 0.3) is 0 Å². The largest absolute Gasteiger partial charge is 0.299 e. The fraction of sp³-hybridized carbons (Fsp3) is 0.857. The molecule has 1 unspecified atom stereocenters. The maximum atomic E-state index is 7.44. The zero-order valence-electron chi connectivity index (χ0n) is 6.81. The van der Waals surface area contributed by atoms with Crippen molar-refractivity contribution >= 4 is 5.84 Å². The molecule has 2 N–H and O–H groups in total. The molecule has 58 valence electrons. The summed E-state index contributed by atoms with van der Waals surface area (Å²) in [5, 5.41) is 9.24. The molecule has 0 aromatic heterocycles. The first-order valence-electron chi connectivity index (χ1n) is 3.68. The SMILES string of the molecule is CC(C)C1CC(=N)N(C)N1. The summed E-state index contributed by atoms with van der Waals surface area (Å²) >= 11 is 0. The third-order valence-corrected chi connectivity index (χ3v) is 1.98. The van der Waals surface area contributed by atoms with Crippen molar-refractivity contribution in [3.63, 3.8) is 0 Å². The summed E-state index contributed by atoms with van der Waals surface area (Å²) < 4.78 is 0. The molecule has 0 aromatic rings. The molecule has 1 saturated heterocycles. The highest BCUT2D eigenvalue weighted by atomic mass is 15.5. The molecule has 1 heterocycles. The fourth-order valence-electron chi connectivity index (χ4n) is 1.10. The van der Waals surface area contributed by atoms with E-state index >= 15 is 0 Å². The minimum atomic E-state index is 0.470. The minimum absolute atomic E-state index is 0.470. The molecule has 1 atom stereocenters. The van der Waals surface area contributed by atoms with E-state index in [4.69, 9.17) is 5.41 Å². The lowest BCUT2D eigenvalue weighted by molar-refractivity contribution is 0.313. The van der Waals surface area contributed by atoms with Crippen molar-refractivity contribution in [3.8, 4) is 0 Å². The normalized spacial score (nSPS) is 26.6. The van der Waals surface area contributed by atoms with Gasteiger partial charge in [-0.1, -0.05) is 13.8 Å². The molecule has 1 fully saturated rings. The van der Waals surface area contributed by atoms with Crippen LogP contribution >= 0.6 is 0 Å². The van der Waals surface area contributed by atoms with Crippen molar-refractivity contribution < 1.29 is 0 Å². The lowest BCUT2D eigenvalue weighted by Crippen LogP contribution is -2.36. The summed E-state index contributed by atoms with van der Waals surface area (Å²) in [6.07, 6.45) is 0.869. The van der Waals surface area contributed by atoms with Gasteiger partial charge >= 0.3 is 0 Å². The predicted octanol–water partition coefficient (Wildman–Crippen LogP) is 0.828. The average Bonchev–Trinajstić information content (AvgIpc) is 2.13. The summed E-state index contributed by atoms with van der Waals surface area (Å²) in [6.45, 7) is 4.34. The monoisotopic (exact) mass is 141 g/mol. The quantitative estimate of drug-likeness (QED) is 0.567. The van der Waals surface area contributed by atoms with Gasteiger partial charge in [-0.2, -0.15) is 0 Å². The van der Waals surface area contributed by atoms with E-state index in [1.54, 1.807) is 5.01 Å². The molecule has 10 heavy (non-hydrogen) atoms. The second-order valence-corrected chi connectivity index (χ2v) is 3.19. The number of hydrogen-bond acceptors (Lipinski definition) is 2. The molecule has 1 rings (SSSR count). The topological polar surface area (TPSA) is 39.1 Å². The highest BCUT2D eigenvalue weighted by Crippen LogP contribution is 2.13. The van der Waals surface area contributed by atoms with Gasteiger partial charge in [0.2, 0.25) is 0 Å². The summed E-state index contributed by atoms with van der Waals surface area (Å²) in [5.41, 5.74) is 3.21. The highest BCUT2D eigenvalue weighted by Gasteiger charge is 2.25. The summed E-state index contributed by atoms with van der Waals surface area (Å²) in [4.78, 5) is 0. The average molecular weight is 141 g/mol. The van der Waals surface area contributed by atoms with Gasteiger partial charge in [0.1, 0.15) is 5.84 Å². The Morgan fingerprint density at radius 3 is 2.50 bits per heavy atom. The molecule has 0 amide bonds. The molecule has 0 bridgehead atoms. The lowest BCUT2D eigenvalue weighted by Gasteiger charge is -2.15. The third kappa shape index (κ3) is 1.29. The number of amidine groups is 1. The van der Waals surface area contributed by atoms with Gasteiger partial charge in [-0.25, -0.2) is 5.43 Å². The Labute approximate surface area is 61.9 Å². The lowest BCUT2D eigenvalue weighted by atomic mass is 10.0. The molecule has 0 spiro atoms. The van der Waals surface area contributed by atoms with E-state index in [-0.39, 0.29) is 0 Å². The van der Waals surface area contributed by atoms with Crippen molar-refractivity contribution in [1.82, 2.24) is 10.4 Å². The van der Waals surface area contributed by atoms with Crippen LogP contribution in [0.15, 0.2) is 0 Å². The Hall–Kier alpha value is -0.570. The van der Waals surface area contributed by atoms with Crippen molar-refractivity contribution in [2.24, 2.45) is 5.92 Å². The number of hydrazine groups is 1. The Morgan fingerprint density at radius 1 is 1.70 bits per heavy atom.